The van der Waals surface area contributed by atoms with Gasteiger partial charge in [0.05, 0.1) is 17.4 Å². The molecule has 2 aliphatic rings. The molecule has 21 heavy (non-hydrogen) atoms. The second-order valence-corrected chi connectivity index (χ2v) is 6.80. The van der Waals surface area contributed by atoms with Crippen LogP contribution in [0.15, 0.2) is 22.7 Å². The predicted molar refractivity (Wildman–Crippen MR) is 84.6 cm³/mol. The summed E-state index contributed by atoms with van der Waals surface area (Å²) >= 11 is 3.54. The Bertz CT molecular complexity index is 689. The van der Waals surface area contributed by atoms with Gasteiger partial charge in [0.25, 0.3) is 0 Å². The third-order valence-corrected chi connectivity index (χ3v) is 5.02. The maximum atomic E-state index is 10.5. The van der Waals surface area contributed by atoms with Gasteiger partial charge in [-0.15, -0.1) is 0 Å². The number of fused-ring (bicyclic) bond motifs is 3. The molecule has 0 spiro atoms. The van der Waals surface area contributed by atoms with E-state index in [4.69, 9.17) is 4.98 Å². The highest BCUT2D eigenvalue weighted by Gasteiger charge is 2.28. The van der Waals surface area contributed by atoms with Crippen LogP contribution in [-0.2, 0) is 12.8 Å². The molecule has 0 radical (unpaired) electrons. The Balaban J connectivity index is 1.86. The maximum Gasteiger partial charge on any atom is 0.162 e. The van der Waals surface area contributed by atoms with Crippen molar-refractivity contribution in [3.8, 4) is 11.3 Å². The lowest BCUT2D eigenvalue weighted by atomic mass is 10.0. The van der Waals surface area contributed by atoms with Crippen molar-refractivity contribution < 1.29 is 5.21 Å². The van der Waals surface area contributed by atoms with E-state index >= 15 is 0 Å². The highest BCUT2D eigenvalue weighted by molar-refractivity contribution is 9.10. The maximum absolute atomic E-state index is 10.5. The molecule has 4 rings (SSSR count). The van der Waals surface area contributed by atoms with Crippen molar-refractivity contribution in [3.05, 3.63) is 39.8 Å². The minimum atomic E-state index is 0.181. The van der Waals surface area contributed by atoms with Crippen molar-refractivity contribution in [1.29, 1.82) is 0 Å². The van der Waals surface area contributed by atoms with Crippen LogP contribution in [0.5, 0.6) is 0 Å². The van der Waals surface area contributed by atoms with E-state index in [9.17, 15) is 5.21 Å². The Morgan fingerprint density at radius 1 is 1.29 bits per heavy atom. The quantitative estimate of drug-likeness (QED) is 0.776. The molecule has 2 N–H and O–H groups in total. The summed E-state index contributed by atoms with van der Waals surface area (Å²) in [4.78, 5) is 4.80. The molecule has 1 aliphatic heterocycles. The zero-order chi connectivity index (χ0) is 14.4. The van der Waals surface area contributed by atoms with Gasteiger partial charge in [0, 0.05) is 10.0 Å². The van der Waals surface area contributed by atoms with Gasteiger partial charge in [0.15, 0.2) is 5.82 Å². The van der Waals surface area contributed by atoms with Crippen molar-refractivity contribution in [2.45, 2.75) is 38.1 Å². The Kier molecular flexibility index (Phi) is 3.27. The minimum Gasteiger partial charge on any atom is -0.427 e. The van der Waals surface area contributed by atoms with Crippen molar-refractivity contribution in [3.63, 3.8) is 0 Å². The van der Waals surface area contributed by atoms with Crippen LogP contribution in [0.25, 0.3) is 11.3 Å². The molecule has 1 saturated heterocycles. The summed E-state index contributed by atoms with van der Waals surface area (Å²) < 4.78 is 2.45. The first-order chi connectivity index (χ1) is 10.2. The fourth-order valence-electron chi connectivity index (χ4n) is 3.48. The third-order valence-electron chi connectivity index (χ3n) is 4.53. The van der Waals surface area contributed by atoms with Gasteiger partial charge in [-0.05, 0) is 56.3 Å². The number of aryl methyl sites for hydroxylation is 1. The molecule has 5 heteroatoms. The Hall–Kier alpha value is -1.33. The molecular weight excluding hydrogens is 330 g/mol. The molecule has 0 bridgehead atoms. The monoisotopic (exact) mass is 347 g/mol. The number of nitrogens with one attached hydrogen (secondary N) is 1. The lowest BCUT2D eigenvalue weighted by Gasteiger charge is -2.09. The first-order valence-electron chi connectivity index (χ1n) is 7.57. The molecular formula is C16H18BrN3O. The van der Waals surface area contributed by atoms with E-state index in [0.717, 1.165) is 65.9 Å². The van der Waals surface area contributed by atoms with E-state index in [0.29, 0.717) is 0 Å². The zero-order valence-corrected chi connectivity index (χ0v) is 13.4. The number of hydrogen-bond donors (Lipinski definition) is 2. The van der Waals surface area contributed by atoms with Gasteiger partial charge in [-0.3, -0.25) is 0 Å². The molecule has 2 heterocycles. The summed E-state index contributed by atoms with van der Waals surface area (Å²) in [7, 11) is 0. The van der Waals surface area contributed by atoms with E-state index in [2.05, 4.69) is 39.4 Å². The van der Waals surface area contributed by atoms with Gasteiger partial charge < -0.3 is 10.5 Å². The lowest BCUT2D eigenvalue weighted by Crippen LogP contribution is -2.18. The van der Waals surface area contributed by atoms with Crippen LogP contribution in [0.1, 0.15) is 42.4 Å². The van der Waals surface area contributed by atoms with E-state index < -0.39 is 0 Å². The SMILES string of the molecule is On1c([C@@H]2CCCN2)nc2c1CCCc1cc(Br)ccc1-2. The molecule has 0 unspecified atom stereocenters. The van der Waals surface area contributed by atoms with Crippen molar-refractivity contribution >= 4 is 15.9 Å². The van der Waals surface area contributed by atoms with E-state index in [1.807, 2.05) is 0 Å². The summed E-state index contributed by atoms with van der Waals surface area (Å²) in [5.41, 5.74) is 4.39. The number of halogens is 1. The summed E-state index contributed by atoms with van der Waals surface area (Å²) in [5.74, 6) is 0.772. The van der Waals surface area contributed by atoms with E-state index in [1.54, 1.807) is 0 Å². The average molecular weight is 348 g/mol. The van der Waals surface area contributed by atoms with E-state index in [1.165, 1.54) is 10.3 Å². The molecule has 110 valence electrons. The highest BCUT2D eigenvalue weighted by Crippen LogP contribution is 2.35. The number of nitrogens with zero attached hydrogens (tertiary/aromatic N) is 2. The molecule has 0 saturated carbocycles. The van der Waals surface area contributed by atoms with Gasteiger partial charge >= 0.3 is 0 Å². The standard InChI is InChI=1S/C16H18BrN3O/c17-11-6-7-12-10(9-11)3-1-5-14-15(12)19-16(20(14)21)13-4-2-8-18-13/h6-7,9,13,18,21H,1-5,8H2/t13-/m0/s1. The topological polar surface area (TPSA) is 50.1 Å². The van der Waals surface area contributed by atoms with Crippen LogP contribution >= 0.6 is 15.9 Å². The highest BCUT2D eigenvalue weighted by atomic mass is 79.9. The first-order valence-corrected chi connectivity index (χ1v) is 8.36. The van der Waals surface area contributed by atoms with Crippen LogP contribution in [0, 0.1) is 0 Å². The molecule has 0 amide bonds. The van der Waals surface area contributed by atoms with Crippen LogP contribution in [0.2, 0.25) is 0 Å². The third kappa shape index (κ3) is 2.19. The van der Waals surface area contributed by atoms with Crippen LogP contribution in [0.3, 0.4) is 0 Å². The fraction of sp³-hybridized carbons (Fsp3) is 0.438. The normalized spacial score (nSPS) is 20.9. The lowest BCUT2D eigenvalue weighted by molar-refractivity contribution is 0.160. The first kappa shape index (κ1) is 13.3. The second-order valence-electron chi connectivity index (χ2n) is 5.88. The van der Waals surface area contributed by atoms with Crippen molar-refractivity contribution in [1.82, 2.24) is 15.0 Å². The van der Waals surface area contributed by atoms with Gasteiger partial charge in [-0.1, -0.05) is 22.0 Å². The number of rotatable bonds is 1. The second kappa shape index (κ2) is 5.14. The summed E-state index contributed by atoms with van der Waals surface area (Å²) in [6.07, 6.45) is 5.13. The van der Waals surface area contributed by atoms with E-state index in [-0.39, 0.29) is 6.04 Å². The number of imidazole rings is 1. The Labute approximate surface area is 132 Å². The van der Waals surface area contributed by atoms with Crippen molar-refractivity contribution in [2.75, 3.05) is 6.54 Å². The smallest absolute Gasteiger partial charge is 0.162 e. The largest absolute Gasteiger partial charge is 0.427 e. The molecule has 1 fully saturated rings. The zero-order valence-electron chi connectivity index (χ0n) is 11.8. The number of aromatic nitrogens is 2. The van der Waals surface area contributed by atoms with Crippen LogP contribution in [-0.4, -0.2) is 21.5 Å². The fourth-order valence-corrected chi connectivity index (χ4v) is 3.89. The molecule has 1 aromatic heterocycles. The van der Waals surface area contributed by atoms with Crippen LogP contribution in [0.4, 0.5) is 0 Å². The van der Waals surface area contributed by atoms with Crippen molar-refractivity contribution in [2.24, 2.45) is 0 Å². The van der Waals surface area contributed by atoms with Gasteiger partial charge in [0.1, 0.15) is 0 Å². The number of hydrogen-bond acceptors (Lipinski definition) is 3. The summed E-state index contributed by atoms with van der Waals surface area (Å²) in [6, 6.07) is 6.52. The van der Waals surface area contributed by atoms with Gasteiger partial charge in [-0.25, -0.2) is 4.98 Å². The minimum absolute atomic E-state index is 0.181. The summed E-state index contributed by atoms with van der Waals surface area (Å²) in [6.45, 7) is 1.01. The molecule has 4 nitrogen and oxygen atoms in total. The van der Waals surface area contributed by atoms with Gasteiger partial charge in [0.2, 0.25) is 0 Å². The molecule has 1 aromatic carbocycles. The number of benzene rings is 1. The summed E-state index contributed by atoms with van der Waals surface area (Å²) in [5, 5.41) is 14.0. The van der Waals surface area contributed by atoms with Gasteiger partial charge in [-0.2, -0.15) is 4.73 Å². The molecule has 1 aliphatic carbocycles. The Morgan fingerprint density at radius 2 is 2.19 bits per heavy atom. The molecule has 1 atom stereocenters. The Morgan fingerprint density at radius 3 is 3.00 bits per heavy atom. The van der Waals surface area contributed by atoms with Crippen LogP contribution < -0.4 is 5.32 Å². The molecule has 2 aromatic rings. The predicted octanol–water partition coefficient (Wildman–Crippen LogP) is 3.46. The average Bonchev–Trinajstić information content (AvgIpc) is 3.05.